The van der Waals surface area contributed by atoms with Gasteiger partial charge in [-0.25, -0.2) is 4.57 Å². The minimum Gasteiger partial charge on any atom is -0.462 e. The summed E-state index contributed by atoms with van der Waals surface area (Å²) in [5.41, 5.74) is 5.36. The second kappa shape index (κ2) is 43.8. The first-order valence-electron chi connectivity index (χ1n) is 23.5. The van der Waals surface area contributed by atoms with Crippen molar-refractivity contribution in [1.29, 1.82) is 0 Å². The largest absolute Gasteiger partial charge is 0.472 e. The second-order valence-corrected chi connectivity index (χ2v) is 17.1. The van der Waals surface area contributed by atoms with Crippen molar-refractivity contribution in [2.75, 3.05) is 26.4 Å². The number of carbonyl (C=O) groups excluding carboxylic acids is 2. The molecule has 0 spiro atoms. The predicted octanol–water partition coefficient (Wildman–Crippen LogP) is 13.7. The number of ether oxygens (including phenoxy) is 2. The number of rotatable bonds is 44. The van der Waals surface area contributed by atoms with Crippen molar-refractivity contribution in [3.63, 3.8) is 0 Å². The molecular formula is C47H88NO8P. The molecule has 3 N–H and O–H groups in total. The molecule has 10 heteroatoms. The average Bonchev–Trinajstić information content (AvgIpc) is 3.20. The molecule has 0 fully saturated rings. The molecule has 0 aliphatic heterocycles. The number of esters is 2. The Labute approximate surface area is 350 Å². The van der Waals surface area contributed by atoms with E-state index in [1.807, 2.05) is 0 Å². The van der Waals surface area contributed by atoms with Crippen LogP contribution in [0.2, 0.25) is 0 Å². The minimum absolute atomic E-state index is 0.0519. The lowest BCUT2D eigenvalue weighted by atomic mass is 10.1. The topological polar surface area (TPSA) is 134 Å². The number of phosphoric ester groups is 1. The first kappa shape index (κ1) is 55.2. The van der Waals surface area contributed by atoms with Crippen LogP contribution in [-0.4, -0.2) is 49.3 Å². The Hall–Kier alpha value is -1.77. The van der Waals surface area contributed by atoms with E-state index in [-0.39, 0.29) is 38.6 Å². The van der Waals surface area contributed by atoms with E-state index in [0.717, 1.165) is 57.8 Å². The summed E-state index contributed by atoms with van der Waals surface area (Å²) in [5, 5.41) is 0. The van der Waals surface area contributed by atoms with Gasteiger partial charge in [0.1, 0.15) is 6.61 Å². The molecule has 0 aliphatic rings. The van der Waals surface area contributed by atoms with Gasteiger partial charge in [-0.05, 0) is 70.6 Å². The molecule has 1 unspecified atom stereocenters. The van der Waals surface area contributed by atoms with E-state index in [1.54, 1.807) is 0 Å². The predicted molar refractivity (Wildman–Crippen MR) is 238 cm³/mol. The van der Waals surface area contributed by atoms with Crippen LogP contribution in [0.4, 0.5) is 0 Å². The Morgan fingerprint density at radius 2 is 0.912 bits per heavy atom. The van der Waals surface area contributed by atoms with Crippen molar-refractivity contribution in [2.45, 2.75) is 225 Å². The fourth-order valence-corrected chi connectivity index (χ4v) is 7.25. The van der Waals surface area contributed by atoms with Crippen molar-refractivity contribution < 1.29 is 37.6 Å². The fourth-order valence-electron chi connectivity index (χ4n) is 6.48. The van der Waals surface area contributed by atoms with Crippen LogP contribution in [0.15, 0.2) is 36.5 Å². The zero-order valence-corrected chi connectivity index (χ0v) is 37.7. The highest BCUT2D eigenvalue weighted by molar-refractivity contribution is 7.47. The molecule has 0 bridgehead atoms. The highest BCUT2D eigenvalue weighted by atomic mass is 31.2. The molecule has 0 aromatic carbocycles. The number of unbranched alkanes of at least 4 members (excludes halogenated alkanes) is 25. The van der Waals surface area contributed by atoms with E-state index >= 15 is 0 Å². The zero-order chi connectivity index (χ0) is 41.8. The molecule has 0 heterocycles. The number of nitrogens with two attached hydrogens (primary N) is 1. The SMILES string of the molecule is CCCCC/C=C/C/C=C/CCCCCCCCCC(=O)OC[C@H](COP(=O)(O)OCCN)OC(=O)CCCCCCCCCCC/C=C/CCCCCCCC. The fraction of sp³-hybridized carbons (Fsp3) is 0.830. The number of phosphoric acid groups is 1. The lowest BCUT2D eigenvalue weighted by molar-refractivity contribution is -0.161. The standard InChI is InChI=1S/C47H88NO8P/c1-3-5-7-9-11-13-15-17-19-21-22-24-26-28-30-32-34-36-38-40-47(50)56-45(44-55-57(51,52)54-42-41-48)43-53-46(49)39-37-35-33-31-29-27-25-23-20-18-16-14-12-10-8-6-4-2/h12,14,17-20,45H,3-11,13,15-16,21-44,48H2,1-2H3,(H,51,52)/b14-12+,19-17+,20-18+/t45-/m1/s1. The number of carbonyl (C=O) groups is 2. The van der Waals surface area contributed by atoms with Crippen molar-refractivity contribution in [3.05, 3.63) is 36.5 Å². The van der Waals surface area contributed by atoms with Gasteiger partial charge in [0.25, 0.3) is 0 Å². The molecule has 334 valence electrons. The minimum atomic E-state index is -4.38. The Morgan fingerprint density at radius 3 is 1.39 bits per heavy atom. The van der Waals surface area contributed by atoms with E-state index in [2.05, 4.69) is 50.3 Å². The van der Waals surface area contributed by atoms with Crippen LogP contribution in [0.3, 0.4) is 0 Å². The lowest BCUT2D eigenvalue weighted by Crippen LogP contribution is -2.29. The van der Waals surface area contributed by atoms with E-state index in [9.17, 15) is 19.0 Å². The summed E-state index contributed by atoms with van der Waals surface area (Å²) in [7, 11) is -4.38. The average molecular weight is 826 g/mol. The van der Waals surface area contributed by atoms with E-state index in [1.165, 1.54) is 128 Å². The van der Waals surface area contributed by atoms with Gasteiger partial charge in [0.15, 0.2) is 6.10 Å². The summed E-state index contributed by atoms with van der Waals surface area (Å²) < 4.78 is 32.8. The Morgan fingerprint density at radius 1 is 0.526 bits per heavy atom. The molecule has 9 nitrogen and oxygen atoms in total. The first-order valence-corrected chi connectivity index (χ1v) is 25.0. The second-order valence-electron chi connectivity index (χ2n) is 15.6. The van der Waals surface area contributed by atoms with Crippen LogP contribution in [0.5, 0.6) is 0 Å². The van der Waals surface area contributed by atoms with Gasteiger partial charge in [-0.2, -0.15) is 0 Å². The van der Waals surface area contributed by atoms with E-state index < -0.39 is 26.5 Å². The molecule has 57 heavy (non-hydrogen) atoms. The molecule has 0 saturated heterocycles. The van der Waals surface area contributed by atoms with Gasteiger partial charge >= 0.3 is 19.8 Å². The van der Waals surface area contributed by atoms with Crippen LogP contribution in [0.1, 0.15) is 219 Å². The summed E-state index contributed by atoms with van der Waals surface area (Å²) in [6.07, 6.45) is 48.8. The molecule has 2 atom stereocenters. The van der Waals surface area contributed by atoms with Crippen LogP contribution >= 0.6 is 7.82 Å². The maximum absolute atomic E-state index is 12.6. The summed E-state index contributed by atoms with van der Waals surface area (Å²) in [4.78, 5) is 35.0. The Kier molecular flexibility index (Phi) is 42.4. The van der Waals surface area contributed by atoms with Crippen molar-refractivity contribution >= 4 is 19.8 Å². The van der Waals surface area contributed by atoms with Crippen molar-refractivity contribution in [1.82, 2.24) is 0 Å². The lowest BCUT2D eigenvalue weighted by Gasteiger charge is -2.19. The monoisotopic (exact) mass is 826 g/mol. The Bertz CT molecular complexity index is 1030. The van der Waals surface area contributed by atoms with Crippen LogP contribution in [-0.2, 0) is 32.7 Å². The molecular weight excluding hydrogens is 737 g/mol. The third-order valence-electron chi connectivity index (χ3n) is 10.00. The highest BCUT2D eigenvalue weighted by Gasteiger charge is 2.26. The van der Waals surface area contributed by atoms with E-state index in [0.29, 0.717) is 6.42 Å². The van der Waals surface area contributed by atoms with Gasteiger partial charge in [-0.3, -0.25) is 18.6 Å². The normalized spacial score (nSPS) is 13.5. The summed E-state index contributed by atoms with van der Waals surface area (Å²) in [6, 6.07) is 0. The summed E-state index contributed by atoms with van der Waals surface area (Å²) >= 11 is 0. The number of allylic oxidation sites excluding steroid dienone is 6. The van der Waals surface area contributed by atoms with Crippen LogP contribution < -0.4 is 5.73 Å². The summed E-state index contributed by atoms with van der Waals surface area (Å²) in [5.74, 6) is -0.835. The molecule has 0 radical (unpaired) electrons. The van der Waals surface area contributed by atoms with Crippen LogP contribution in [0, 0.1) is 0 Å². The third kappa shape index (κ3) is 43.6. The molecule has 0 rings (SSSR count). The zero-order valence-electron chi connectivity index (χ0n) is 36.8. The molecule has 0 aliphatic carbocycles. The van der Waals surface area contributed by atoms with Gasteiger partial charge < -0.3 is 20.1 Å². The Balaban J connectivity index is 4.11. The van der Waals surface area contributed by atoms with Crippen LogP contribution in [0.25, 0.3) is 0 Å². The first-order chi connectivity index (χ1) is 27.8. The van der Waals surface area contributed by atoms with Crippen molar-refractivity contribution in [2.24, 2.45) is 5.73 Å². The molecule has 0 aromatic rings. The van der Waals surface area contributed by atoms with Gasteiger partial charge in [0.05, 0.1) is 13.2 Å². The highest BCUT2D eigenvalue weighted by Crippen LogP contribution is 2.43. The maximum Gasteiger partial charge on any atom is 0.472 e. The molecule has 0 saturated carbocycles. The van der Waals surface area contributed by atoms with E-state index in [4.69, 9.17) is 24.3 Å². The van der Waals surface area contributed by atoms with Gasteiger partial charge in [0, 0.05) is 19.4 Å². The molecule has 0 aromatic heterocycles. The quantitative estimate of drug-likeness (QED) is 0.0266. The summed E-state index contributed by atoms with van der Waals surface area (Å²) in [6.45, 7) is 3.71. The van der Waals surface area contributed by atoms with Gasteiger partial charge in [-0.1, -0.05) is 172 Å². The van der Waals surface area contributed by atoms with Gasteiger partial charge in [-0.15, -0.1) is 0 Å². The third-order valence-corrected chi connectivity index (χ3v) is 11.0. The molecule has 0 amide bonds. The smallest absolute Gasteiger partial charge is 0.462 e. The maximum atomic E-state index is 12.6. The number of hydrogen-bond donors (Lipinski definition) is 2. The van der Waals surface area contributed by atoms with Gasteiger partial charge in [0.2, 0.25) is 0 Å². The number of hydrogen-bond acceptors (Lipinski definition) is 8. The van der Waals surface area contributed by atoms with Crippen molar-refractivity contribution in [3.8, 4) is 0 Å².